The van der Waals surface area contributed by atoms with Gasteiger partial charge in [-0.3, -0.25) is 0 Å². The standard InChI is InChI=1S/C7H10F3NO2/c1-3-13-6(12)5(4(2)11)7(8,9)10/h3,11H2,1-2H3/b5-4+. The first kappa shape index (κ1) is 11.8. The minimum Gasteiger partial charge on any atom is -0.462 e. The highest BCUT2D eigenvalue weighted by Gasteiger charge is 2.41. The highest BCUT2D eigenvalue weighted by Crippen LogP contribution is 2.27. The van der Waals surface area contributed by atoms with Crippen molar-refractivity contribution < 1.29 is 22.7 Å². The van der Waals surface area contributed by atoms with E-state index in [9.17, 15) is 18.0 Å². The molecule has 0 radical (unpaired) electrons. The van der Waals surface area contributed by atoms with Gasteiger partial charge in [-0.1, -0.05) is 0 Å². The van der Waals surface area contributed by atoms with E-state index in [1.165, 1.54) is 6.92 Å². The lowest BCUT2D eigenvalue weighted by Crippen LogP contribution is -2.25. The Morgan fingerprint density at radius 1 is 1.46 bits per heavy atom. The number of carbonyl (C=O) groups excluding carboxylic acids is 1. The summed E-state index contributed by atoms with van der Waals surface area (Å²) in [4.78, 5) is 10.8. The van der Waals surface area contributed by atoms with Crippen LogP contribution in [0.25, 0.3) is 0 Å². The van der Waals surface area contributed by atoms with Crippen LogP contribution in [0.4, 0.5) is 13.2 Å². The predicted molar refractivity (Wildman–Crippen MR) is 39.6 cm³/mol. The molecule has 0 heterocycles. The Labute approximate surface area is 73.4 Å². The molecule has 0 saturated carbocycles. The van der Waals surface area contributed by atoms with Gasteiger partial charge in [-0.15, -0.1) is 0 Å². The number of ether oxygens (including phenoxy) is 1. The smallest absolute Gasteiger partial charge is 0.425 e. The molecule has 0 aliphatic rings. The van der Waals surface area contributed by atoms with Gasteiger partial charge in [0.25, 0.3) is 0 Å². The van der Waals surface area contributed by atoms with E-state index in [0.29, 0.717) is 0 Å². The maximum absolute atomic E-state index is 12.1. The molecule has 0 saturated heterocycles. The molecule has 0 aromatic heterocycles. The molecule has 0 aromatic carbocycles. The Balaban J connectivity index is 4.87. The van der Waals surface area contributed by atoms with Crippen LogP contribution >= 0.6 is 0 Å². The molecule has 0 aliphatic carbocycles. The van der Waals surface area contributed by atoms with Crippen LogP contribution in [0, 0.1) is 0 Å². The van der Waals surface area contributed by atoms with Crippen molar-refractivity contribution in [2.45, 2.75) is 20.0 Å². The lowest BCUT2D eigenvalue weighted by molar-refractivity contribution is -0.150. The Morgan fingerprint density at radius 2 is 1.92 bits per heavy atom. The summed E-state index contributed by atoms with van der Waals surface area (Å²) in [6.45, 7) is 2.29. The van der Waals surface area contributed by atoms with E-state index in [1.54, 1.807) is 0 Å². The summed E-state index contributed by atoms with van der Waals surface area (Å²) in [5.74, 6) is -1.44. The van der Waals surface area contributed by atoms with Crippen LogP contribution in [0.3, 0.4) is 0 Å². The maximum Gasteiger partial charge on any atom is 0.425 e. The van der Waals surface area contributed by atoms with Crippen molar-refractivity contribution in [1.82, 2.24) is 0 Å². The van der Waals surface area contributed by atoms with Gasteiger partial charge in [0.05, 0.1) is 6.61 Å². The molecule has 6 heteroatoms. The van der Waals surface area contributed by atoms with Gasteiger partial charge in [0.15, 0.2) is 5.57 Å². The van der Waals surface area contributed by atoms with Crippen molar-refractivity contribution in [3.05, 3.63) is 11.3 Å². The number of allylic oxidation sites excluding steroid dienone is 1. The van der Waals surface area contributed by atoms with E-state index in [-0.39, 0.29) is 6.61 Å². The lowest BCUT2D eigenvalue weighted by Gasteiger charge is -2.11. The molecule has 3 nitrogen and oxygen atoms in total. The number of esters is 1. The van der Waals surface area contributed by atoms with E-state index in [0.717, 1.165) is 6.92 Å². The summed E-state index contributed by atoms with van der Waals surface area (Å²) in [6.07, 6.45) is -4.76. The second kappa shape index (κ2) is 4.15. The summed E-state index contributed by atoms with van der Waals surface area (Å²) in [6, 6.07) is 0. The van der Waals surface area contributed by atoms with Crippen molar-refractivity contribution in [2.24, 2.45) is 5.73 Å². The fraction of sp³-hybridized carbons (Fsp3) is 0.571. The molecule has 0 unspecified atom stereocenters. The monoisotopic (exact) mass is 197 g/mol. The Hall–Kier alpha value is -1.20. The SMILES string of the molecule is CCOC(=O)/C(=C(/C)N)C(F)(F)F. The van der Waals surface area contributed by atoms with Gasteiger partial charge >= 0.3 is 12.1 Å². The quantitative estimate of drug-likeness (QED) is 0.537. The number of alkyl halides is 3. The molecule has 0 aromatic rings. The Kier molecular flexibility index (Phi) is 3.77. The van der Waals surface area contributed by atoms with Gasteiger partial charge in [-0.2, -0.15) is 13.2 Å². The third-order valence-corrected chi connectivity index (χ3v) is 1.16. The first-order valence-corrected chi connectivity index (χ1v) is 3.51. The predicted octanol–water partition coefficient (Wildman–Crippen LogP) is 1.34. The van der Waals surface area contributed by atoms with Crippen LogP contribution in [0.5, 0.6) is 0 Å². The average Bonchev–Trinajstić information content (AvgIpc) is 1.82. The number of hydrogen-bond donors (Lipinski definition) is 1. The number of nitrogens with two attached hydrogens (primary N) is 1. The molecule has 0 amide bonds. The van der Waals surface area contributed by atoms with Crippen molar-refractivity contribution in [3.63, 3.8) is 0 Å². The number of carbonyl (C=O) groups is 1. The van der Waals surface area contributed by atoms with Gasteiger partial charge in [0.1, 0.15) is 0 Å². The van der Waals surface area contributed by atoms with Gasteiger partial charge in [-0.05, 0) is 13.8 Å². The summed E-state index contributed by atoms with van der Waals surface area (Å²) in [5.41, 5.74) is 2.89. The maximum atomic E-state index is 12.1. The van der Waals surface area contributed by atoms with Crippen molar-refractivity contribution >= 4 is 5.97 Å². The summed E-state index contributed by atoms with van der Waals surface area (Å²) in [5, 5.41) is 0. The van der Waals surface area contributed by atoms with E-state index < -0.39 is 23.4 Å². The van der Waals surface area contributed by atoms with Crippen molar-refractivity contribution in [3.8, 4) is 0 Å². The van der Waals surface area contributed by atoms with Crippen LogP contribution in [0.15, 0.2) is 11.3 Å². The molecule has 76 valence electrons. The molecular formula is C7H10F3NO2. The van der Waals surface area contributed by atoms with Crippen LogP contribution in [-0.4, -0.2) is 18.8 Å². The number of hydrogen-bond acceptors (Lipinski definition) is 3. The summed E-state index contributed by atoms with van der Waals surface area (Å²) < 4.78 is 40.5. The highest BCUT2D eigenvalue weighted by molar-refractivity contribution is 5.90. The van der Waals surface area contributed by atoms with Gasteiger partial charge in [0, 0.05) is 5.70 Å². The molecule has 0 bridgehead atoms. The van der Waals surface area contributed by atoms with E-state index in [4.69, 9.17) is 5.73 Å². The zero-order chi connectivity index (χ0) is 10.6. The molecule has 0 aliphatic heterocycles. The number of halogens is 3. The third-order valence-electron chi connectivity index (χ3n) is 1.16. The number of rotatable bonds is 2. The largest absolute Gasteiger partial charge is 0.462 e. The summed E-state index contributed by atoms with van der Waals surface area (Å²) >= 11 is 0. The highest BCUT2D eigenvalue weighted by atomic mass is 19.4. The minimum atomic E-state index is -4.76. The zero-order valence-corrected chi connectivity index (χ0v) is 7.23. The van der Waals surface area contributed by atoms with Crippen LogP contribution in [0.2, 0.25) is 0 Å². The first-order valence-electron chi connectivity index (χ1n) is 3.51. The molecule has 0 rings (SSSR count). The van der Waals surface area contributed by atoms with E-state index in [1.807, 2.05) is 0 Å². The molecule has 0 atom stereocenters. The summed E-state index contributed by atoms with van der Waals surface area (Å²) in [7, 11) is 0. The fourth-order valence-electron chi connectivity index (χ4n) is 0.704. The second-order valence-electron chi connectivity index (χ2n) is 2.28. The van der Waals surface area contributed by atoms with Crippen LogP contribution < -0.4 is 5.73 Å². The van der Waals surface area contributed by atoms with Gasteiger partial charge < -0.3 is 10.5 Å². The first-order chi connectivity index (χ1) is 5.80. The Bertz CT molecular complexity index is 228. The van der Waals surface area contributed by atoms with Crippen LogP contribution in [-0.2, 0) is 9.53 Å². The topological polar surface area (TPSA) is 52.3 Å². The molecular weight excluding hydrogens is 187 g/mol. The van der Waals surface area contributed by atoms with Crippen LogP contribution in [0.1, 0.15) is 13.8 Å². The van der Waals surface area contributed by atoms with Crippen molar-refractivity contribution in [1.29, 1.82) is 0 Å². The van der Waals surface area contributed by atoms with Gasteiger partial charge in [0.2, 0.25) is 0 Å². The zero-order valence-electron chi connectivity index (χ0n) is 7.23. The Morgan fingerprint density at radius 3 is 2.15 bits per heavy atom. The lowest BCUT2D eigenvalue weighted by atomic mass is 10.2. The second-order valence-corrected chi connectivity index (χ2v) is 2.28. The molecule has 2 N–H and O–H groups in total. The third kappa shape index (κ3) is 3.35. The minimum absolute atomic E-state index is 0.119. The van der Waals surface area contributed by atoms with E-state index >= 15 is 0 Å². The van der Waals surface area contributed by atoms with Crippen molar-refractivity contribution in [2.75, 3.05) is 6.61 Å². The molecule has 0 spiro atoms. The molecule has 0 fully saturated rings. The van der Waals surface area contributed by atoms with Gasteiger partial charge in [-0.25, -0.2) is 4.79 Å². The average molecular weight is 197 g/mol. The van der Waals surface area contributed by atoms with E-state index in [2.05, 4.69) is 4.74 Å². The molecule has 13 heavy (non-hydrogen) atoms. The fourth-order valence-corrected chi connectivity index (χ4v) is 0.704. The normalized spacial score (nSPS) is 13.6.